The van der Waals surface area contributed by atoms with E-state index in [1.165, 1.54) is 24.4 Å². The van der Waals surface area contributed by atoms with Crippen molar-refractivity contribution in [2.24, 2.45) is 5.10 Å². The lowest BCUT2D eigenvalue weighted by Crippen LogP contribution is -2.19. The molecule has 5 rings (SSSR count). The van der Waals surface area contributed by atoms with Crippen LogP contribution in [0.2, 0.25) is 0 Å². The van der Waals surface area contributed by atoms with Crippen molar-refractivity contribution in [1.82, 2.24) is 40.5 Å². The smallest absolute Gasteiger partial charge is 0.294 e. The van der Waals surface area contributed by atoms with Crippen molar-refractivity contribution in [3.8, 4) is 22.8 Å². The van der Waals surface area contributed by atoms with Gasteiger partial charge >= 0.3 is 0 Å². The molecular weight excluding hydrogens is 614 g/mol. The Hall–Kier alpha value is -5.45. The van der Waals surface area contributed by atoms with Crippen LogP contribution >= 0.6 is 15.9 Å². The third-order valence-corrected chi connectivity index (χ3v) is 7.36. The number of anilines is 1. The number of aromatic nitrogens is 7. The fourth-order valence-electron chi connectivity index (χ4n) is 4.16. The zero-order chi connectivity index (χ0) is 30.0. The predicted octanol–water partition coefficient (Wildman–Crippen LogP) is 3.20. The van der Waals surface area contributed by atoms with Gasteiger partial charge in [-0.05, 0) is 63.9 Å². The minimum atomic E-state index is -0.741. The Morgan fingerprint density at radius 1 is 1.26 bits per heavy atom. The highest BCUT2D eigenvalue weighted by atomic mass is 79.9. The Morgan fingerprint density at radius 3 is 2.74 bits per heavy atom. The molecule has 0 saturated heterocycles. The number of aryl methyl sites for hydroxylation is 1. The Labute approximate surface area is 245 Å². The van der Waals surface area contributed by atoms with Crippen LogP contribution in [0.3, 0.4) is 0 Å². The van der Waals surface area contributed by atoms with Crippen molar-refractivity contribution in [2.75, 3.05) is 12.8 Å². The van der Waals surface area contributed by atoms with Gasteiger partial charge in [0.15, 0.2) is 5.69 Å². The van der Waals surface area contributed by atoms with E-state index in [4.69, 9.17) is 10.5 Å². The van der Waals surface area contributed by atoms with Crippen LogP contribution < -0.4 is 15.9 Å². The second kappa shape index (κ2) is 11.6. The fraction of sp³-hybridized carbons (Fsp3) is 0.160. The van der Waals surface area contributed by atoms with Gasteiger partial charge in [0.1, 0.15) is 11.4 Å². The minimum absolute atomic E-state index is 0.0491. The van der Waals surface area contributed by atoms with E-state index in [-0.39, 0.29) is 34.3 Å². The normalized spacial score (nSPS) is 11.2. The predicted molar refractivity (Wildman–Crippen MR) is 152 cm³/mol. The number of nitrogens with two attached hydrogens (primary N) is 1. The van der Waals surface area contributed by atoms with E-state index in [1.807, 2.05) is 24.6 Å². The van der Waals surface area contributed by atoms with Crippen molar-refractivity contribution in [3.05, 3.63) is 85.3 Å². The molecule has 3 aromatic heterocycles. The standard InChI is InChI=1S/C25H22BrN11O5/c1-13-20(26)14(2)35(31-13)12-17-9-15(7-8-19(17)41-3)11-28-30-25(38)21-22(16-5-4-6-18(10-16)37(39)40)36(34-29-21)24-23(27)32-42-33-24/h4-11H,12H2,1-3H3,(H2,27,32)(H,30,38)/b28-11-. The molecular formula is C25H22BrN11O5. The summed E-state index contributed by atoms with van der Waals surface area (Å²) in [4.78, 5) is 24.0. The number of hydrogen-bond acceptors (Lipinski definition) is 12. The van der Waals surface area contributed by atoms with Crippen LogP contribution in [-0.2, 0) is 6.54 Å². The van der Waals surface area contributed by atoms with E-state index in [0.29, 0.717) is 17.9 Å². The summed E-state index contributed by atoms with van der Waals surface area (Å²) >= 11 is 3.54. The van der Waals surface area contributed by atoms with E-state index < -0.39 is 10.8 Å². The maximum atomic E-state index is 13.2. The highest BCUT2D eigenvalue weighted by molar-refractivity contribution is 9.10. The van der Waals surface area contributed by atoms with E-state index in [0.717, 1.165) is 26.1 Å². The summed E-state index contributed by atoms with van der Waals surface area (Å²) in [7, 11) is 1.58. The molecule has 0 aliphatic carbocycles. The highest BCUT2D eigenvalue weighted by Crippen LogP contribution is 2.29. The van der Waals surface area contributed by atoms with Gasteiger partial charge in [0.2, 0.25) is 11.6 Å². The molecule has 1 amide bonds. The number of halogens is 1. The van der Waals surface area contributed by atoms with Gasteiger partial charge in [0.25, 0.3) is 11.6 Å². The zero-order valence-electron chi connectivity index (χ0n) is 22.3. The third kappa shape index (κ3) is 5.44. The van der Waals surface area contributed by atoms with Gasteiger partial charge in [-0.3, -0.25) is 19.6 Å². The number of nitrogens with one attached hydrogen (secondary N) is 1. The van der Waals surface area contributed by atoms with E-state index in [9.17, 15) is 14.9 Å². The molecule has 3 heterocycles. The van der Waals surface area contributed by atoms with Crippen LogP contribution in [0.4, 0.5) is 11.5 Å². The number of benzene rings is 2. The van der Waals surface area contributed by atoms with Crippen molar-refractivity contribution >= 4 is 39.6 Å². The second-order valence-corrected chi connectivity index (χ2v) is 9.68. The van der Waals surface area contributed by atoms with Gasteiger partial charge in [-0.2, -0.15) is 14.9 Å². The van der Waals surface area contributed by atoms with Gasteiger partial charge in [-0.15, -0.1) is 5.10 Å². The Bertz CT molecular complexity index is 1840. The van der Waals surface area contributed by atoms with Crippen LogP contribution in [0.1, 0.15) is 33.0 Å². The van der Waals surface area contributed by atoms with Gasteiger partial charge in [0.05, 0.1) is 40.7 Å². The SMILES string of the molecule is COc1ccc(/C=N\NC(=O)c2nnn(-c3nonc3N)c2-c2cccc([N+](=O)[O-])c2)cc1Cn1nc(C)c(Br)c1C. The summed E-state index contributed by atoms with van der Waals surface area (Å²) in [6.07, 6.45) is 1.45. The van der Waals surface area contributed by atoms with Crippen molar-refractivity contribution < 1.29 is 19.1 Å². The first-order valence-electron chi connectivity index (χ1n) is 12.2. The van der Waals surface area contributed by atoms with Crippen LogP contribution in [0.15, 0.2) is 56.7 Å². The molecule has 2 aromatic carbocycles. The number of methoxy groups -OCH3 is 1. The molecule has 214 valence electrons. The largest absolute Gasteiger partial charge is 0.496 e. The number of nitro benzene ring substituents is 1. The first-order chi connectivity index (χ1) is 20.2. The van der Waals surface area contributed by atoms with Crippen molar-refractivity contribution in [3.63, 3.8) is 0 Å². The molecule has 5 aromatic rings. The number of nitro groups is 1. The Kier molecular flexibility index (Phi) is 7.74. The van der Waals surface area contributed by atoms with E-state index in [2.05, 4.69) is 56.8 Å². The molecule has 0 aliphatic heterocycles. The van der Waals surface area contributed by atoms with Crippen LogP contribution in [0.25, 0.3) is 17.1 Å². The number of carbonyl (C=O) groups is 1. The number of hydrazone groups is 1. The average Bonchev–Trinajstić information content (AvgIpc) is 3.67. The van der Waals surface area contributed by atoms with Gasteiger partial charge in [0, 0.05) is 23.3 Å². The summed E-state index contributed by atoms with van der Waals surface area (Å²) < 4.78 is 14.1. The lowest BCUT2D eigenvalue weighted by atomic mass is 10.1. The minimum Gasteiger partial charge on any atom is -0.496 e. The number of ether oxygens (including phenoxy) is 1. The molecule has 0 atom stereocenters. The monoisotopic (exact) mass is 635 g/mol. The molecule has 42 heavy (non-hydrogen) atoms. The summed E-state index contributed by atoms with van der Waals surface area (Å²) in [5.74, 6) is -0.249. The number of amides is 1. The molecule has 0 unspecified atom stereocenters. The lowest BCUT2D eigenvalue weighted by Gasteiger charge is -2.11. The molecule has 17 heteroatoms. The maximum Gasteiger partial charge on any atom is 0.294 e. The number of hydrogen-bond donors (Lipinski definition) is 2. The first-order valence-corrected chi connectivity index (χ1v) is 13.0. The lowest BCUT2D eigenvalue weighted by molar-refractivity contribution is -0.384. The highest BCUT2D eigenvalue weighted by Gasteiger charge is 2.26. The molecule has 0 radical (unpaired) electrons. The second-order valence-electron chi connectivity index (χ2n) is 8.89. The first kappa shape index (κ1) is 28.1. The van der Waals surface area contributed by atoms with Crippen molar-refractivity contribution in [2.45, 2.75) is 20.4 Å². The number of nitrogens with zero attached hydrogens (tertiary/aromatic N) is 9. The molecule has 0 bridgehead atoms. The van der Waals surface area contributed by atoms with Gasteiger partial charge < -0.3 is 10.5 Å². The molecule has 0 spiro atoms. The summed E-state index contributed by atoms with van der Waals surface area (Å²) in [6, 6.07) is 11.0. The van der Waals surface area contributed by atoms with E-state index in [1.54, 1.807) is 25.3 Å². The number of nitrogen functional groups attached to an aromatic ring is 1. The van der Waals surface area contributed by atoms with E-state index >= 15 is 0 Å². The maximum absolute atomic E-state index is 13.2. The topological polar surface area (TPSA) is 207 Å². The fourth-order valence-corrected chi connectivity index (χ4v) is 4.44. The molecule has 0 saturated carbocycles. The van der Waals surface area contributed by atoms with Crippen molar-refractivity contribution in [1.29, 1.82) is 0 Å². The molecule has 0 fully saturated rings. The molecule has 3 N–H and O–H groups in total. The number of carbonyl (C=O) groups excluding carboxylic acids is 1. The quantitative estimate of drug-likeness (QED) is 0.136. The van der Waals surface area contributed by atoms with Gasteiger partial charge in [-0.1, -0.05) is 17.3 Å². The Morgan fingerprint density at radius 2 is 2.07 bits per heavy atom. The molecule has 0 aliphatic rings. The van der Waals surface area contributed by atoms with Crippen LogP contribution in [0.5, 0.6) is 5.75 Å². The summed E-state index contributed by atoms with van der Waals surface area (Å²) in [5, 5.41) is 35.1. The third-order valence-electron chi connectivity index (χ3n) is 6.21. The molecule has 16 nitrogen and oxygen atoms in total. The zero-order valence-corrected chi connectivity index (χ0v) is 23.9. The Balaban J connectivity index is 1.43. The number of rotatable bonds is 9. The number of non-ortho nitro benzene ring substituents is 1. The average molecular weight is 636 g/mol. The summed E-state index contributed by atoms with van der Waals surface area (Å²) in [6.45, 7) is 4.32. The summed E-state index contributed by atoms with van der Waals surface area (Å²) in [5.41, 5.74) is 11.5. The van der Waals surface area contributed by atoms with Crippen LogP contribution in [0, 0.1) is 24.0 Å². The van der Waals surface area contributed by atoms with Gasteiger partial charge in [-0.25, -0.2) is 10.1 Å². The van der Waals surface area contributed by atoms with Crippen LogP contribution in [-0.4, -0.2) is 59.2 Å².